The van der Waals surface area contributed by atoms with Crippen molar-refractivity contribution < 1.29 is 22.6 Å². The largest absolute Gasteiger partial charge is 0.473 e. The number of benzene rings is 1. The lowest BCUT2D eigenvalue weighted by atomic mass is 10.2. The fourth-order valence-electron chi connectivity index (χ4n) is 2.96. The number of ether oxygens (including phenoxy) is 2. The second-order valence-corrected chi connectivity index (χ2v) is 6.57. The molecule has 2 aromatic heterocycles. The van der Waals surface area contributed by atoms with E-state index in [0.717, 1.165) is 12.1 Å². The van der Waals surface area contributed by atoms with Gasteiger partial charge in [0.15, 0.2) is 0 Å². The Morgan fingerprint density at radius 2 is 2.10 bits per heavy atom. The summed E-state index contributed by atoms with van der Waals surface area (Å²) in [5.41, 5.74) is -0.801. The molecule has 4 rings (SSSR count). The number of hydrogen-bond acceptors (Lipinski definition) is 7. The zero-order valence-electron chi connectivity index (χ0n) is 15.8. The van der Waals surface area contributed by atoms with Crippen molar-refractivity contribution in [2.75, 3.05) is 11.9 Å². The molecule has 0 amide bonds. The number of fused-ring (bicyclic) bond motifs is 1. The molecule has 31 heavy (non-hydrogen) atoms. The molecular formula is C20H14F3N5O3. The molecule has 3 aromatic rings. The maximum atomic E-state index is 12.9. The molecule has 0 radical (unpaired) electrons. The summed E-state index contributed by atoms with van der Waals surface area (Å²) in [5, 5.41) is 12.4. The van der Waals surface area contributed by atoms with Crippen LogP contribution in [0, 0.1) is 11.3 Å². The van der Waals surface area contributed by atoms with Crippen LogP contribution in [0.15, 0.2) is 47.4 Å². The molecule has 3 heterocycles. The first kappa shape index (κ1) is 20.2. The first-order chi connectivity index (χ1) is 14.8. The number of nitrogens with one attached hydrogen (secondary N) is 1. The van der Waals surface area contributed by atoms with Gasteiger partial charge in [-0.1, -0.05) is 6.07 Å². The van der Waals surface area contributed by atoms with Gasteiger partial charge in [-0.2, -0.15) is 23.4 Å². The van der Waals surface area contributed by atoms with E-state index < -0.39 is 17.4 Å². The van der Waals surface area contributed by atoms with E-state index in [1.807, 2.05) is 6.07 Å². The highest BCUT2D eigenvalue weighted by Crippen LogP contribution is 2.33. The fourth-order valence-corrected chi connectivity index (χ4v) is 2.96. The lowest BCUT2D eigenvalue weighted by Crippen LogP contribution is -2.21. The van der Waals surface area contributed by atoms with Gasteiger partial charge in [0, 0.05) is 30.9 Å². The second kappa shape index (κ2) is 7.98. The zero-order chi connectivity index (χ0) is 22.0. The molecule has 0 spiro atoms. The maximum absolute atomic E-state index is 12.9. The standard InChI is InChI=1S/C20H14F3N5O3/c21-20(22,23)14-2-1-3-15(7-14)31-18-13(9-24)6-12(10-26-18)11-30-17-8-16-25-4-5-28(16)19(29)27-17/h1-3,6-8,10,25H,4-5,11H2. The number of nitrogens with zero attached hydrogens (tertiary/aromatic N) is 4. The van der Waals surface area contributed by atoms with Gasteiger partial charge in [0.1, 0.15) is 29.8 Å². The molecule has 0 aliphatic carbocycles. The van der Waals surface area contributed by atoms with Crippen LogP contribution < -0.4 is 20.5 Å². The molecule has 0 unspecified atom stereocenters. The van der Waals surface area contributed by atoms with Crippen LogP contribution in [0.5, 0.6) is 17.5 Å². The predicted octanol–water partition coefficient (Wildman–Crippen LogP) is 3.33. The summed E-state index contributed by atoms with van der Waals surface area (Å²) in [6.07, 6.45) is -3.15. The third kappa shape index (κ3) is 4.42. The van der Waals surface area contributed by atoms with Gasteiger partial charge in [0.05, 0.1) is 5.56 Å². The highest BCUT2D eigenvalue weighted by Gasteiger charge is 2.30. The Labute approximate surface area is 173 Å². The SMILES string of the molecule is N#Cc1cc(COc2cc3n(c(=O)n2)CCN3)cnc1Oc1cccc(C(F)(F)F)c1. The van der Waals surface area contributed by atoms with E-state index in [-0.39, 0.29) is 29.7 Å². The van der Waals surface area contributed by atoms with E-state index in [4.69, 9.17) is 9.47 Å². The molecular weight excluding hydrogens is 415 g/mol. The molecule has 0 fully saturated rings. The highest BCUT2D eigenvalue weighted by molar-refractivity contribution is 5.44. The lowest BCUT2D eigenvalue weighted by molar-refractivity contribution is -0.137. The van der Waals surface area contributed by atoms with Crippen LogP contribution in [-0.2, 0) is 19.3 Å². The Bertz CT molecular complexity index is 1230. The van der Waals surface area contributed by atoms with Crippen molar-refractivity contribution in [3.05, 3.63) is 69.8 Å². The van der Waals surface area contributed by atoms with Crippen molar-refractivity contribution in [2.45, 2.75) is 19.3 Å². The molecule has 0 saturated heterocycles. The molecule has 1 aliphatic heterocycles. The topological polar surface area (TPSA) is 102 Å². The summed E-state index contributed by atoms with van der Waals surface area (Å²) in [5.74, 6) is 0.492. The van der Waals surface area contributed by atoms with Crippen LogP contribution in [0.2, 0.25) is 0 Å². The molecule has 0 atom stereocenters. The molecule has 1 aromatic carbocycles. The van der Waals surface area contributed by atoms with Gasteiger partial charge in [-0.3, -0.25) is 4.57 Å². The third-order valence-electron chi connectivity index (χ3n) is 4.42. The van der Waals surface area contributed by atoms with Gasteiger partial charge >= 0.3 is 11.9 Å². The van der Waals surface area contributed by atoms with Crippen molar-refractivity contribution in [1.82, 2.24) is 14.5 Å². The Morgan fingerprint density at radius 3 is 2.87 bits per heavy atom. The van der Waals surface area contributed by atoms with Crippen LogP contribution in [0.1, 0.15) is 16.7 Å². The Morgan fingerprint density at radius 1 is 1.26 bits per heavy atom. The van der Waals surface area contributed by atoms with Gasteiger partial charge in [-0.15, -0.1) is 0 Å². The molecule has 0 saturated carbocycles. The van der Waals surface area contributed by atoms with E-state index in [0.29, 0.717) is 24.5 Å². The van der Waals surface area contributed by atoms with E-state index in [1.165, 1.54) is 29.0 Å². The Kier molecular flexibility index (Phi) is 5.21. The van der Waals surface area contributed by atoms with Crippen LogP contribution in [0.3, 0.4) is 0 Å². The summed E-state index contributed by atoms with van der Waals surface area (Å²) in [6, 6.07) is 9.21. The minimum atomic E-state index is -4.52. The van der Waals surface area contributed by atoms with Crippen molar-refractivity contribution in [3.8, 4) is 23.6 Å². The summed E-state index contributed by atoms with van der Waals surface area (Å²) in [6.45, 7) is 1.13. The summed E-state index contributed by atoms with van der Waals surface area (Å²) in [7, 11) is 0. The number of halogens is 3. The predicted molar refractivity (Wildman–Crippen MR) is 102 cm³/mol. The zero-order valence-corrected chi connectivity index (χ0v) is 15.8. The van der Waals surface area contributed by atoms with Gasteiger partial charge in [0.25, 0.3) is 0 Å². The number of aromatic nitrogens is 3. The molecule has 158 valence electrons. The van der Waals surface area contributed by atoms with E-state index in [2.05, 4.69) is 15.3 Å². The summed E-state index contributed by atoms with van der Waals surface area (Å²) >= 11 is 0. The number of nitriles is 1. The van der Waals surface area contributed by atoms with Crippen LogP contribution >= 0.6 is 0 Å². The first-order valence-corrected chi connectivity index (χ1v) is 9.06. The summed E-state index contributed by atoms with van der Waals surface area (Å²) < 4.78 is 51.0. The monoisotopic (exact) mass is 429 g/mol. The third-order valence-corrected chi connectivity index (χ3v) is 4.42. The number of rotatable bonds is 5. The highest BCUT2D eigenvalue weighted by atomic mass is 19.4. The molecule has 1 aliphatic rings. The maximum Gasteiger partial charge on any atom is 0.416 e. The Balaban J connectivity index is 1.49. The van der Waals surface area contributed by atoms with Gasteiger partial charge < -0.3 is 14.8 Å². The molecule has 8 nitrogen and oxygen atoms in total. The Hall–Kier alpha value is -4.07. The molecule has 11 heteroatoms. The average molecular weight is 429 g/mol. The average Bonchev–Trinajstić information content (AvgIpc) is 3.22. The number of anilines is 1. The van der Waals surface area contributed by atoms with Crippen LogP contribution in [0.25, 0.3) is 0 Å². The fraction of sp³-hybridized carbons (Fsp3) is 0.200. The van der Waals surface area contributed by atoms with E-state index in [9.17, 15) is 23.2 Å². The van der Waals surface area contributed by atoms with Crippen molar-refractivity contribution in [2.24, 2.45) is 0 Å². The second-order valence-electron chi connectivity index (χ2n) is 6.57. The first-order valence-electron chi connectivity index (χ1n) is 9.06. The normalized spacial score (nSPS) is 12.6. The van der Waals surface area contributed by atoms with E-state index in [1.54, 1.807) is 6.07 Å². The minimum absolute atomic E-state index is 0.0159. The minimum Gasteiger partial charge on any atom is -0.473 e. The summed E-state index contributed by atoms with van der Waals surface area (Å²) in [4.78, 5) is 19.8. The number of hydrogen-bond donors (Lipinski definition) is 1. The quantitative estimate of drug-likeness (QED) is 0.664. The smallest absolute Gasteiger partial charge is 0.416 e. The van der Waals surface area contributed by atoms with Gasteiger partial charge in [0.2, 0.25) is 11.8 Å². The molecule has 0 bridgehead atoms. The van der Waals surface area contributed by atoms with Crippen molar-refractivity contribution in [1.29, 1.82) is 5.26 Å². The van der Waals surface area contributed by atoms with Crippen molar-refractivity contribution >= 4 is 5.82 Å². The van der Waals surface area contributed by atoms with Crippen LogP contribution in [0.4, 0.5) is 19.0 Å². The van der Waals surface area contributed by atoms with E-state index >= 15 is 0 Å². The molecule has 1 N–H and O–H groups in total. The lowest BCUT2D eigenvalue weighted by Gasteiger charge is -2.11. The number of pyridine rings is 1. The van der Waals surface area contributed by atoms with Gasteiger partial charge in [-0.25, -0.2) is 9.78 Å². The number of alkyl halides is 3. The van der Waals surface area contributed by atoms with Gasteiger partial charge in [-0.05, 0) is 24.3 Å². The van der Waals surface area contributed by atoms with Crippen LogP contribution in [-0.4, -0.2) is 21.1 Å². The van der Waals surface area contributed by atoms with Crippen molar-refractivity contribution in [3.63, 3.8) is 0 Å².